The highest BCUT2D eigenvalue weighted by Gasteiger charge is 2.13. The molecule has 0 unspecified atom stereocenters. The van der Waals surface area contributed by atoms with Crippen LogP contribution in [0.5, 0.6) is 0 Å². The summed E-state index contributed by atoms with van der Waals surface area (Å²) in [5.74, 6) is -1.74. The smallest absolute Gasteiger partial charge is 0.345 e. The Kier molecular flexibility index (Phi) is 5.71. The predicted molar refractivity (Wildman–Crippen MR) is 82.6 cm³/mol. The molecule has 0 spiro atoms. The molecule has 0 bridgehead atoms. The van der Waals surface area contributed by atoms with E-state index >= 15 is 0 Å². The van der Waals surface area contributed by atoms with E-state index in [9.17, 15) is 14.4 Å². The molecule has 0 fully saturated rings. The van der Waals surface area contributed by atoms with Crippen LogP contribution in [0.4, 0.5) is 0 Å². The van der Waals surface area contributed by atoms with Crippen molar-refractivity contribution >= 4 is 35.5 Å². The van der Waals surface area contributed by atoms with Crippen LogP contribution >= 0.6 is 11.6 Å². The van der Waals surface area contributed by atoms with E-state index in [2.05, 4.69) is 10.1 Å². The summed E-state index contributed by atoms with van der Waals surface area (Å²) >= 11 is 5.74. The van der Waals surface area contributed by atoms with E-state index < -0.39 is 24.4 Å². The quantitative estimate of drug-likeness (QED) is 0.516. The van der Waals surface area contributed by atoms with Gasteiger partial charge in [0.25, 0.3) is 0 Å². The highest BCUT2D eigenvalue weighted by Crippen LogP contribution is 2.11. The second-order valence-corrected chi connectivity index (χ2v) is 4.77. The Labute approximate surface area is 136 Å². The summed E-state index contributed by atoms with van der Waals surface area (Å²) in [7, 11) is 0. The predicted octanol–water partition coefficient (Wildman–Crippen LogP) is 2.45. The third-order valence-corrected chi connectivity index (χ3v) is 2.85. The maximum absolute atomic E-state index is 11.7. The van der Waals surface area contributed by atoms with Crippen molar-refractivity contribution in [2.45, 2.75) is 0 Å². The molecular formula is C16H12ClNO5. The monoisotopic (exact) mass is 333 g/mol. The van der Waals surface area contributed by atoms with Crippen molar-refractivity contribution in [1.29, 1.82) is 0 Å². The Bertz CT molecular complexity index is 737. The van der Waals surface area contributed by atoms with Gasteiger partial charge in [-0.2, -0.15) is 0 Å². The third-order valence-electron chi connectivity index (χ3n) is 2.62. The Hall–Kier alpha value is -2.86. The maximum Gasteiger partial charge on any atom is 0.345 e. The lowest BCUT2D eigenvalue weighted by Gasteiger charge is -2.04. The minimum absolute atomic E-state index is 0.148. The van der Waals surface area contributed by atoms with Gasteiger partial charge in [0, 0.05) is 11.1 Å². The Morgan fingerprint density at radius 1 is 1.22 bits per heavy atom. The van der Waals surface area contributed by atoms with E-state index in [0.29, 0.717) is 10.8 Å². The van der Waals surface area contributed by atoms with Gasteiger partial charge in [0.1, 0.15) is 12.3 Å². The molecule has 0 atom stereocenters. The average molecular weight is 334 g/mol. The van der Waals surface area contributed by atoms with Gasteiger partial charge in [-0.15, -0.1) is 0 Å². The number of rotatable bonds is 5. The molecular weight excluding hydrogens is 322 g/mol. The molecule has 1 heterocycles. The van der Waals surface area contributed by atoms with Gasteiger partial charge in [0.15, 0.2) is 0 Å². The van der Waals surface area contributed by atoms with E-state index in [4.69, 9.17) is 16.0 Å². The van der Waals surface area contributed by atoms with Gasteiger partial charge < -0.3 is 14.5 Å². The van der Waals surface area contributed by atoms with Crippen molar-refractivity contribution in [3.05, 3.63) is 65.1 Å². The molecule has 6 nitrogen and oxygen atoms in total. The minimum atomic E-state index is -0.880. The number of amides is 1. The van der Waals surface area contributed by atoms with Gasteiger partial charge in [0.2, 0.25) is 5.91 Å². The topological polar surface area (TPSA) is 85.6 Å². The van der Waals surface area contributed by atoms with E-state index in [0.717, 1.165) is 0 Å². The zero-order valence-electron chi connectivity index (χ0n) is 11.8. The van der Waals surface area contributed by atoms with Crippen LogP contribution in [0.2, 0.25) is 5.02 Å². The summed E-state index contributed by atoms with van der Waals surface area (Å²) in [6.07, 6.45) is 4.11. The molecule has 0 radical (unpaired) electrons. The lowest BCUT2D eigenvalue weighted by Crippen LogP contribution is -2.30. The van der Waals surface area contributed by atoms with E-state index in [1.54, 1.807) is 24.3 Å². The van der Waals surface area contributed by atoms with Crippen molar-refractivity contribution in [1.82, 2.24) is 5.32 Å². The lowest BCUT2D eigenvalue weighted by molar-refractivity contribution is -0.138. The van der Waals surface area contributed by atoms with Crippen molar-refractivity contribution < 1.29 is 23.5 Å². The number of esters is 2. The number of hydrogen-bond acceptors (Lipinski definition) is 5. The van der Waals surface area contributed by atoms with Crippen molar-refractivity contribution in [3.63, 3.8) is 0 Å². The average Bonchev–Trinajstić information content (AvgIpc) is 3.04. The highest BCUT2D eigenvalue weighted by molar-refractivity contribution is 6.30. The number of carbonyl (C=O) groups is 3. The summed E-state index contributed by atoms with van der Waals surface area (Å²) in [6.45, 7) is -0.437. The number of benzene rings is 1. The Morgan fingerprint density at radius 3 is 2.74 bits per heavy atom. The second-order valence-electron chi connectivity index (χ2n) is 4.34. The molecule has 2 rings (SSSR count). The summed E-state index contributed by atoms with van der Waals surface area (Å²) < 4.78 is 9.61. The summed E-state index contributed by atoms with van der Waals surface area (Å²) in [5.41, 5.74) is 0.148. The largest absolute Gasteiger partial charge is 0.465 e. The minimum Gasteiger partial charge on any atom is -0.465 e. The third kappa shape index (κ3) is 5.44. The number of ether oxygens (including phenoxy) is 1. The van der Waals surface area contributed by atoms with Gasteiger partial charge >= 0.3 is 11.9 Å². The normalized spacial score (nSPS) is 10.5. The van der Waals surface area contributed by atoms with Crippen molar-refractivity contribution in [3.8, 4) is 0 Å². The van der Waals surface area contributed by atoms with Crippen LogP contribution in [0.15, 0.2) is 53.2 Å². The zero-order valence-corrected chi connectivity index (χ0v) is 12.6. The molecule has 2 aromatic rings. The fraction of sp³-hybridized carbons (Fsp3) is 0.0625. The summed E-state index contributed by atoms with van der Waals surface area (Å²) in [4.78, 5) is 34.7. The number of furan rings is 1. The van der Waals surface area contributed by atoms with Crippen LogP contribution in [-0.4, -0.2) is 24.4 Å². The van der Waals surface area contributed by atoms with Crippen LogP contribution in [0.3, 0.4) is 0 Å². The standard InChI is InChI=1S/C16H12ClNO5/c17-12-4-1-3-11(9-12)16(21)23-15(20)10-18-14(19)7-6-13-5-2-8-22-13/h1-9H,10H2,(H,18,19)/b7-6+. The molecule has 0 aliphatic carbocycles. The SMILES string of the molecule is O=C(/C=C/c1ccco1)NCC(=O)OC(=O)c1cccc(Cl)c1. The fourth-order valence-corrected chi connectivity index (χ4v) is 1.77. The van der Waals surface area contributed by atoms with Gasteiger partial charge in [-0.25, -0.2) is 9.59 Å². The first-order chi connectivity index (χ1) is 11.0. The zero-order chi connectivity index (χ0) is 16.7. The molecule has 1 aromatic carbocycles. The fourth-order valence-electron chi connectivity index (χ4n) is 1.58. The molecule has 7 heteroatoms. The molecule has 1 amide bonds. The Balaban J connectivity index is 1.78. The first kappa shape index (κ1) is 16.5. The van der Waals surface area contributed by atoms with E-state index in [1.165, 1.54) is 30.5 Å². The molecule has 0 saturated heterocycles. The molecule has 0 saturated carbocycles. The first-order valence-electron chi connectivity index (χ1n) is 6.54. The van der Waals surface area contributed by atoms with E-state index in [-0.39, 0.29) is 5.56 Å². The Morgan fingerprint density at radius 2 is 2.04 bits per heavy atom. The van der Waals surface area contributed by atoms with E-state index in [1.807, 2.05) is 0 Å². The van der Waals surface area contributed by atoms with Gasteiger partial charge in [-0.05, 0) is 36.4 Å². The van der Waals surface area contributed by atoms with Crippen molar-refractivity contribution in [2.24, 2.45) is 0 Å². The molecule has 1 N–H and O–H groups in total. The van der Waals surface area contributed by atoms with Gasteiger partial charge in [-0.3, -0.25) is 4.79 Å². The molecule has 0 aliphatic heterocycles. The molecule has 23 heavy (non-hydrogen) atoms. The van der Waals surface area contributed by atoms with Gasteiger partial charge in [0.05, 0.1) is 11.8 Å². The van der Waals surface area contributed by atoms with Crippen LogP contribution < -0.4 is 5.32 Å². The summed E-state index contributed by atoms with van der Waals surface area (Å²) in [6, 6.07) is 9.34. The number of nitrogens with one attached hydrogen (secondary N) is 1. The van der Waals surface area contributed by atoms with Crippen LogP contribution in [0.25, 0.3) is 6.08 Å². The number of halogens is 1. The van der Waals surface area contributed by atoms with Crippen molar-refractivity contribution in [2.75, 3.05) is 6.54 Å². The summed E-state index contributed by atoms with van der Waals surface area (Å²) in [5, 5.41) is 2.64. The van der Waals surface area contributed by atoms with Crippen LogP contribution in [-0.2, 0) is 14.3 Å². The lowest BCUT2D eigenvalue weighted by atomic mass is 10.2. The number of hydrogen-bond donors (Lipinski definition) is 1. The molecule has 1 aromatic heterocycles. The molecule has 0 aliphatic rings. The second kappa shape index (κ2) is 7.95. The number of carbonyl (C=O) groups excluding carboxylic acids is 3. The highest BCUT2D eigenvalue weighted by atomic mass is 35.5. The first-order valence-corrected chi connectivity index (χ1v) is 6.92. The van der Waals surface area contributed by atoms with Crippen LogP contribution in [0.1, 0.15) is 16.1 Å². The van der Waals surface area contributed by atoms with Gasteiger partial charge in [-0.1, -0.05) is 17.7 Å². The van der Waals surface area contributed by atoms with Crippen LogP contribution in [0, 0.1) is 0 Å². The maximum atomic E-state index is 11.7. The molecule has 118 valence electrons.